The number of rotatable bonds is 6. The second-order valence-corrected chi connectivity index (χ2v) is 7.13. The smallest absolute Gasteiger partial charge is 0.223 e. The maximum Gasteiger partial charge on any atom is 0.223 e. The second-order valence-electron chi connectivity index (χ2n) is 5.52. The van der Waals surface area contributed by atoms with Gasteiger partial charge in [0.25, 0.3) is 0 Å². The van der Waals surface area contributed by atoms with Crippen LogP contribution in [0.15, 0.2) is 29.2 Å². The highest BCUT2D eigenvalue weighted by Crippen LogP contribution is 2.24. The van der Waals surface area contributed by atoms with Crippen LogP contribution in [0.5, 0.6) is 0 Å². The van der Waals surface area contributed by atoms with Gasteiger partial charge in [0.05, 0.1) is 0 Å². The first-order chi connectivity index (χ1) is 10.2. The summed E-state index contributed by atoms with van der Waals surface area (Å²) in [5.41, 5.74) is 0. The maximum absolute atomic E-state index is 12.4. The monoisotopic (exact) mass is 325 g/mol. The van der Waals surface area contributed by atoms with E-state index >= 15 is 0 Å². The minimum absolute atomic E-state index is 0.311. The molecule has 1 amide bonds. The minimum atomic E-state index is 0.311. The third kappa shape index (κ3) is 5.23. The normalized spacial score (nSPS) is 15.9. The molecule has 0 bridgehead atoms. The molecule has 0 unspecified atom stereocenters. The molecule has 2 nitrogen and oxygen atoms in total. The first-order valence-electron chi connectivity index (χ1n) is 7.88. The highest BCUT2D eigenvalue weighted by molar-refractivity contribution is 7.99. The quantitative estimate of drug-likeness (QED) is 0.686. The van der Waals surface area contributed by atoms with Crippen LogP contribution in [0.4, 0.5) is 0 Å². The number of nitrogens with zero attached hydrogens (tertiary/aromatic N) is 1. The molecule has 0 aliphatic heterocycles. The van der Waals surface area contributed by atoms with Crippen molar-refractivity contribution in [2.45, 2.75) is 56.4 Å². The predicted molar refractivity (Wildman–Crippen MR) is 91.1 cm³/mol. The molecule has 0 radical (unpaired) electrons. The van der Waals surface area contributed by atoms with Gasteiger partial charge in [-0.1, -0.05) is 30.9 Å². The first kappa shape index (κ1) is 16.7. The van der Waals surface area contributed by atoms with Crippen molar-refractivity contribution in [3.63, 3.8) is 0 Å². The number of benzene rings is 1. The molecule has 0 N–H and O–H groups in total. The fourth-order valence-corrected chi connectivity index (χ4v) is 3.93. The van der Waals surface area contributed by atoms with Crippen LogP contribution in [-0.2, 0) is 4.79 Å². The Bertz CT molecular complexity index is 443. The number of halogens is 1. The topological polar surface area (TPSA) is 20.3 Å². The lowest BCUT2D eigenvalue weighted by atomic mass is 9.94. The molecule has 0 heterocycles. The van der Waals surface area contributed by atoms with Crippen LogP contribution in [0.25, 0.3) is 0 Å². The molecular formula is C17H24ClNOS. The Kier molecular flexibility index (Phi) is 6.91. The van der Waals surface area contributed by atoms with E-state index in [4.69, 9.17) is 11.6 Å². The fourth-order valence-electron chi connectivity index (χ4n) is 2.96. The lowest BCUT2D eigenvalue weighted by Crippen LogP contribution is -2.41. The molecule has 1 aromatic rings. The van der Waals surface area contributed by atoms with Gasteiger partial charge in [0.15, 0.2) is 0 Å². The number of thioether (sulfide) groups is 1. The Morgan fingerprint density at radius 3 is 2.52 bits per heavy atom. The van der Waals surface area contributed by atoms with Gasteiger partial charge in [0, 0.05) is 34.7 Å². The molecule has 1 aliphatic carbocycles. The van der Waals surface area contributed by atoms with Crippen molar-refractivity contribution in [2.75, 3.05) is 12.3 Å². The molecule has 1 fully saturated rings. The molecule has 0 spiro atoms. The summed E-state index contributed by atoms with van der Waals surface area (Å²) in [6.45, 7) is 2.94. The van der Waals surface area contributed by atoms with Crippen LogP contribution in [0.2, 0.25) is 5.02 Å². The highest BCUT2D eigenvalue weighted by Gasteiger charge is 2.23. The van der Waals surface area contributed by atoms with Gasteiger partial charge in [-0.15, -0.1) is 11.8 Å². The van der Waals surface area contributed by atoms with Crippen molar-refractivity contribution in [1.29, 1.82) is 0 Å². The third-order valence-electron chi connectivity index (χ3n) is 4.07. The molecule has 4 heteroatoms. The number of hydrogen-bond donors (Lipinski definition) is 0. The van der Waals surface area contributed by atoms with Crippen LogP contribution in [-0.4, -0.2) is 29.1 Å². The Morgan fingerprint density at radius 1 is 1.24 bits per heavy atom. The molecule has 0 aromatic heterocycles. The molecule has 1 aliphatic rings. The van der Waals surface area contributed by atoms with Gasteiger partial charge in [-0.3, -0.25) is 4.79 Å². The number of carbonyl (C=O) groups is 1. The van der Waals surface area contributed by atoms with Crippen LogP contribution in [0.1, 0.15) is 45.4 Å². The van der Waals surface area contributed by atoms with E-state index in [2.05, 4.69) is 11.8 Å². The van der Waals surface area contributed by atoms with E-state index in [1.54, 1.807) is 11.8 Å². The van der Waals surface area contributed by atoms with Crippen LogP contribution in [0.3, 0.4) is 0 Å². The molecule has 1 aromatic carbocycles. The average Bonchev–Trinajstić information content (AvgIpc) is 2.51. The number of hydrogen-bond acceptors (Lipinski definition) is 2. The zero-order valence-electron chi connectivity index (χ0n) is 12.7. The third-order valence-corrected chi connectivity index (χ3v) is 5.34. The van der Waals surface area contributed by atoms with Gasteiger partial charge < -0.3 is 4.90 Å². The summed E-state index contributed by atoms with van der Waals surface area (Å²) in [5, 5.41) is 0.755. The van der Waals surface area contributed by atoms with Gasteiger partial charge in [0.1, 0.15) is 0 Å². The molecule has 0 atom stereocenters. The average molecular weight is 326 g/mol. The summed E-state index contributed by atoms with van der Waals surface area (Å²) in [4.78, 5) is 15.7. The Hall–Kier alpha value is -0.670. The Balaban J connectivity index is 1.78. The number of amides is 1. The van der Waals surface area contributed by atoms with E-state index in [9.17, 15) is 4.79 Å². The lowest BCUT2D eigenvalue weighted by Gasteiger charge is -2.33. The zero-order valence-corrected chi connectivity index (χ0v) is 14.3. The summed E-state index contributed by atoms with van der Waals surface area (Å²) < 4.78 is 0. The summed E-state index contributed by atoms with van der Waals surface area (Å²) >= 11 is 7.60. The van der Waals surface area contributed by atoms with E-state index < -0.39 is 0 Å². The lowest BCUT2D eigenvalue weighted by molar-refractivity contribution is -0.133. The predicted octanol–water partition coefficient (Wildman–Crippen LogP) is 5.00. The molecule has 1 saturated carbocycles. The zero-order chi connectivity index (χ0) is 15.1. The van der Waals surface area contributed by atoms with Crippen LogP contribution >= 0.6 is 23.4 Å². The van der Waals surface area contributed by atoms with Crippen molar-refractivity contribution in [2.24, 2.45) is 0 Å². The molecule has 0 saturated heterocycles. The number of carbonyl (C=O) groups excluding carboxylic acids is 1. The highest BCUT2D eigenvalue weighted by atomic mass is 35.5. The summed E-state index contributed by atoms with van der Waals surface area (Å²) in [7, 11) is 0. The largest absolute Gasteiger partial charge is 0.340 e. The summed E-state index contributed by atoms with van der Waals surface area (Å²) in [5.74, 6) is 1.15. The second kappa shape index (κ2) is 8.70. The van der Waals surface area contributed by atoms with Gasteiger partial charge in [0.2, 0.25) is 5.91 Å². The van der Waals surface area contributed by atoms with Crippen molar-refractivity contribution < 1.29 is 4.79 Å². The van der Waals surface area contributed by atoms with E-state index in [1.165, 1.54) is 37.0 Å². The molecular weight excluding hydrogens is 302 g/mol. The van der Waals surface area contributed by atoms with Crippen molar-refractivity contribution in [3.05, 3.63) is 29.3 Å². The van der Waals surface area contributed by atoms with Gasteiger partial charge in [-0.25, -0.2) is 0 Å². The first-order valence-corrected chi connectivity index (χ1v) is 9.25. The summed E-state index contributed by atoms with van der Waals surface area (Å²) in [6.07, 6.45) is 6.86. The van der Waals surface area contributed by atoms with Crippen molar-refractivity contribution in [3.8, 4) is 0 Å². The molecule has 116 valence electrons. The molecule has 2 rings (SSSR count). The summed E-state index contributed by atoms with van der Waals surface area (Å²) in [6, 6.07) is 8.29. The van der Waals surface area contributed by atoms with E-state index in [-0.39, 0.29) is 0 Å². The Morgan fingerprint density at radius 2 is 1.90 bits per heavy atom. The SMILES string of the molecule is CCN(C(=O)CCSc1ccc(Cl)cc1)C1CCCCC1. The maximum atomic E-state index is 12.4. The fraction of sp³-hybridized carbons (Fsp3) is 0.588. The van der Waals surface area contributed by atoms with E-state index in [0.29, 0.717) is 18.4 Å². The van der Waals surface area contributed by atoms with Crippen LogP contribution in [0, 0.1) is 0 Å². The molecule has 21 heavy (non-hydrogen) atoms. The van der Waals surface area contributed by atoms with Gasteiger partial charge in [-0.2, -0.15) is 0 Å². The van der Waals surface area contributed by atoms with Gasteiger partial charge >= 0.3 is 0 Å². The minimum Gasteiger partial charge on any atom is -0.340 e. The van der Waals surface area contributed by atoms with Crippen molar-refractivity contribution in [1.82, 2.24) is 4.90 Å². The van der Waals surface area contributed by atoms with Crippen molar-refractivity contribution >= 4 is 29.3 Å². The van der Waals surface area contributed by atoms with Gasteiger partial charge in [-0.05, 0) is 44.0 Å². The van der Waals surface area contributed by atoms with E-state index in [0.717, 1.165) is 17.3 Å². The Labute approximate surface area is 137 Å². The standard InChI is InChI=1S/C17H24ClNOS/c1-2-19(15-6-4-3-5-7-15)17(20)12-13-21-16-10-8-14(18)9-11-16/h8-11,15H,2-7,12-13H2,1H3. The van der Waals surface area contributed by atoms with Crippen LogP contribution < -0.4 is 0 Å². The van der Waals surface area contributed by atoms with E-state index in [1.807, 2.05) is 24.3 Å².